The lowest BCUT2D eigenvalue weighted by atomic mass is 9.90. The molecule has 0 aromatic heterocycles. The minimum Gasteiger partial charge on any atom is -0.428 e. The van der Waals surface area contributed by atoms with Crippen LogP contribution in [-0.2, 0) is 4.43 Å². The molecule has 0 atom stereocenters. The standard InChI is InChI=1S/C8H20OSi/c1-8(2,3)6-4-5-7-9-10/h4-7H2,1-3,10H3. The van der Waals surface area contributed by atoms with Crippen molar-refractivity contribution in [3.8, 4) is 0 Å². The minimum absolute atomic E-state index is 0.505. The van der Waals surface area contributed by atoms with Gasteiger partial charge in [0.15, 0.2) is 0 Å². The molecule has 0 bridgehead atoms. The lowest BCUT2D eigenvalue weighted by Gasteiger charge is -2.17. The highest BCUT2D eigenvalue weighted by molar-refractivity contribution is 5.97. The van der Waals surface area contributed by atoms with Crippen LogP contribution in [0.15, 0.2) is 0 Å². The van der Waals surface area contributed by atoms with Crippen LogP contribution in [0.25, 0.3) is 0 Å². The first-order chi connectivity index (χ1) is 4.56. The molecule has 0 radical (unpaired) electrons. The van der Waals surface area contributed by atoms with Crippen molar-refractivity contribution in [2.45, 2.75) is 40.0 Å². The largest absolute Gasteiger partial charge is 0.428 e. The third kappa shape index (κ3) is 8.18. The quantitative estimate of drug-likeness (QED) is 0.447. The molecule has 0 rings (SSSR count). The Labute approximate surface area is 67.7 Å². The molecule has 62 valence electrons. The molecule has 0 unspecified atom stereocenters. The van der Waals surface area contributed by atoms with E-state index < -0.39 is 0 Å². The molecule has 0 amide bonds. The molecule has 0 N–H and O–H groups in total. The molecule has 10 heavy (non-hydrogen) atoms. The van der Waals surface area contributed by atoms with Crippen LogP contribution in [0.4, 0.5) is 0 Å². The van der Waals surface area contributed by atoms with Gasteiger partial charge in [0.1, 0.15) is 10.5 Å². The average molecular weight is 160 g/mol. The summed E-state index contributed by atoms with van der Waals surface area (Å²) in [7, 11) is 0.895. The Bertz CT molecular complexity index is 75.8. The van der Waals surface area contributed by atoms with Crippen LogP contribution in [-0.4, -0.2) is 17.1 Å². The summed E-state index contributed by atoms with van der Waals surface area (Å²) in [5, 5.41) is 0. The van der Waals surface area contributed by atoms with Crippen LogP contribution in [0.5, 0.6) is 0 Å². The van der Waals surface area contributed by atoms with E-state index in [0.717, 1.165) is 17.1 Å². The van der Waals surface area contributed by atoms with Crippen LogP contribution < -0.4 is 0 Å². The minimum atomic E-state index is 0.505. The van der Waals surface area contributed by atoms with Crippen molar-refractivity contribution in [1.29, 1.82) is 0 Å². The van der Waals surface area contributed by atoms with Crippen molar-refractivity contribution in [3.05, 3.63) is 0 Å². The molecule has 0 heterocycles. The van der Waals surface area contributed by atoms with E-state index in [4.69, 9.17) is 4.43 Å². The second-order valence-corrected chi connectivity index (χ2v) is 4.59. The second-order valence-electron chi connectivity index (χ2n) is 4.01. The van der Waals surface area contributed by atoms with E-state index in [-0.39, 0.29) is 0 Å². The van der Waals surface area contributed by atoms with Crippen molar-refractivity contribution in [3.63, 3.8) is 0 Å². The maximum Gasteiger partial charge on any atom is 0.145 e. The zero-order valence-electron chi connectivity index (χ0n) is 7.74. The fraction of sp³-hybridized carbons (Fsp3) is 1.00. The Kier molecular flexibility index (Phi) is 5.00. The molecule has 0 aromatic carbocycles. The lowest BCUT2D eigenvalue weighted by Crippen LogP contribution is -2.04. The molecule has 0 aliphatic rings. The molecule has 0 spiro atoms. The molecule has 0 fully saturated rings. The summed E-state index contributed by atoms with van der Waals surface area (Å²) in [6.07, 6.45) is 3.87. The number of rotatable bonds is 4. The fourth-order valence-corrected chi connectivity index (χ4v) is 1.19. The summed E-state index contributed by atoms with van der Waals surface area (Å²) in [5.41, 5.74) is 0.505. The van der Waals surface area contributed by atoms with Crippen LogP contribution >= 0.6 is 0 Å². The van der Waals surface area contributed by atoms with Crippen molar-refractivity contribution < 1.29 is 4.43 Å². The van der Waals surface area contributed by atoms with Crippen LogP contribution in [0, 0.1) is 5.41 Å². The van der Waals surface area contributed by atoms with E-state index in [0.29, 0.717) is 5.41 Å². The van der Waals surface area contributed by atoms with Crippen LogP contribution in [0.2, 0.25) is 0 Å². The second kappa shape index (κ2) is 4.91. The zero-order valence-corrected chi connectivity index (χ0v) is 9.74. The Hall–Kier alpha value is 0.177. The Balaban J connectivity index is 3.04. The average Bonchev–Trinajstić information content (AvgIpc) is 1.78. The highest BCUT2D eigenvalue weighted by Gasteiger charge is 2.08. The third-order valence-corrected chi connectivity index (χ3v) is 1.93. The topological polar surface area (TPSA) is 9.23 Å². The molecule has 2 heteroatoms. The van der Waals surface area contributed by atoms with Crippen LogP contribution in [0.3, 0.4) is 0 Å². The molecule has 0 aliphatic heterocycles. The summed E-state index contributed by atoms with van der Waals surface area (Å²) < 4.78 is 5.10. The number of unbranched alkanes of at least 4 members (excludes halogenated alkanes) is 1. The van der Waals surface area contributed by atoms with Crippen molar-refractivity contribution in [2.75, 3.05) is 6.61 Å². The lowest BCUT2D eigenvalue weighted by molar-refractivity contribution is 0.304. The van der Waals surface area contributed by atoms with Gasteiger partial charge in [-0.05, 0) is 18.3 Å². The summed E-state index contributed by atoms with van der Waals surface area (Å²) in [4.78, 5) is 0. The van der Waals surface area contributed by atoms with Crippen molar-refractivity contribution in [2.24, 2.45) is 5.41 Å². The molecule has 0 saturated carbocycles. The van der Waals surface area contributed by atoms with E-state index in [1.54, 1.807) is 0 Å². The van der Waals surface area contributed by atoms with Gasteiger partial charge in [-0.25, -0.2) is 0 Å². The molecular formula is C8H20OSi. The molecule has 0 aromatic rings. The maximum atomic E-state index is 5.10. The van der Waals surface area contributed by atoms with E-state index in [9.17, 15) is 0 Å². The van der Waals surface area contributed by atoms with E-state index in [1.807, 2.05) is 0 Å². The summed E-state index contributed by atoms with van der Waals surface area (Å²) in [5.74, 6) is 0. The monoisotopic (exact) mass is 160 g/mol. The van der Waals surface area contributed by atoms with Crippen LogP contribution in [0.1, 0.15) is 40.0 Å². The van der Waals surface area contributed by atoms with Gasteiger partial charge in [0, 0.05) is 6.61 Å². The van der Waals surface area contributed by atoms with E-state index in [2.05, 4.69) is 20.8 Å². The Morgan fingerprint density at radius 1 is 1.20 bits per heavy atom. The SMILES string of the molecule is CC(C)(C)CCCCO[SiH3]. The normalized spacial score (nSPS) is 12.3. The van der Waals surface area contributed by atoms with Gasteiger partial charge in [-0.3, -0.25) is 0 Å². The van der Waals surface area contributed by atoms with Gasteiger partial charge in [-0.2, -0.15) is 0 Å². The van der Waals surface area contributed by atoms with Gasteiger partial charge in [0.2, 0.25) is 0 Å². The maximum absolute atomic E-state index is 5.10. The first-order valence-electron chi connectivity index (χ1n) is 4.05. The highest BCUT2D eigenvalue weighted by Crippen LogP contribution is 2.21. The molecule has 0 saturated heterocycles. The molecule has 0 aliphatic carbocycles. The Morgan fingerprint density at radius 2 is 1.80 bits per heavy atom. The van der Waals surface area contributed by atoms with Gasteiger partial charge < -0.3 is 4.43 Å². The Morgan fingerprint density at radius 3 is 2.20 bits per heavy atom. The third-order valence-electron chi connectivity index (χ3n) is 1.53. The van der Waals surface area contributed by atoms with E-state index >= 15 is 0 Å². The summed E-state index contributed by atoms with van der Waals surface area (Å²) in [6.45, 7) is 7.83. The highest BCUT2D eigenvalue weighted by atomic mass is 28.2. The molecule has 1 nitrogen and oxygen atoms in total. The summed E-state index contributed by atoms with van der Waals surface area (Å²) >= 11 is 0. The van der Waals surface area contributed by atoms with Crippen molar-refractivity contribution in [1.82, 2.24) is 0 Å². The van der Waals surface area contributed by atoms with Crippen molar-refractivity contribution >= 4 is 10.5 Å². The summed E-state index contributed by atoms with van der Waals surface area (Å²) in [6, 6.07) is 0. The fourth-order valence-electron chi connectivity index (χ4n) is 0.902. The first kappa shape index (κ1) is 10.2. The smallest absolute Gasteiger partial charge is 0.145 e. The van der Waals surface area contributed by atoms with Gasteiger partial charge in [-0.1, -0.05) is 27.2 Å². The predicted molar refractivity (Wildman–Crippen MR) is 49.2 cm³/mol. The number of hydrogen-bond donors (Lipinski definition) is 0. The molecular weight excluding hydrogens is 140 g/mol. The first-order valence-corrected chi connectivity index (χ1v) is 4.87. The number of hydrogen-bond acceptors (Lipinski definition) is 1. The van der Waals surface area contributed by atoms with E-state index in [1.165, 1.54) is 19.3 Å². The zero-order chi connectivity index (χ0) is 8.04. The van der Waals surface area contributed by atoms with Gasteiger partial charge in [-0.15, -0.1) is 0 Å². The van der Waals surface area contributed by atoms with Gasteiger partial charge >= 0.3 is 0 Å². The predicted octanol–water partition coefficient (Wildman–Crippen LogP) is 1.50. The van der Waals surface area contributed by atoms with Gasteiger partial charge in [0.05, 0.1) is 0 Å². The van der Waals surface area contributed by atoms with Gasteiger partial charge in [0.25, 0.3) is 0 Å².